The zero-order chi connectivity index (χ0) is 13.6. The van der Waals surface area contributed by atoms with E-state index in [1.807, 2.05) is 13.0 Å². The monoisotopic (exact) mass is 312 g/mol. The number of rotatable bonds is 1. The molecule has 0 fully saturated rings. The lowest BCUT2D eigenvalue weighted by molar-refractivity contribution is 0.628. The maximum Gasteiger partial charge on any atom is 0.163 e. The van der Waals surface area contributed by atoms with E-state index >= 15 is 0 Å². The molecular formula is C13H7Cl2FN2S. The Bertz CT molecular complexity index is 786. The van der Waals surface area contributed by atoms with Gasteiger partial charge in [-0.15, -0.1) is 11.3 Å². The number of benzene rings is 1. The number of fused-ring (bicyclic) bond motifs is 1. The fourth-order valence-electron chi connectivity index (χ4n) is 1.80. The third kappa shape index (κ3) is 2.31. The van der Waals surface area contributed by atoms with Crippen LogP contribution in [-0.4, -0.2) is 9.97 Å². The Balaban J connectivity index is 2.25. The van der Waals surface area contributed by atoms with Gasteiger partial charge in [0.15, 0.2) is 5.82 Å². The summed E-state index contributed by atoms with van der Waals surface area (Å²) in [5.74, 6) is 0.0113. The first-order valence-electron chi connectivity index (χ1n) is 5.44. The van der Waals surface area contributed by atoms with Gasteiger partial charge in [0.25, 0.3) is 0 Å². The van der Waals surface area contributed by atoms with Gasteiger partial charge in [-0.25, -0.2) is 14.4 Å². The van der Waals surface area contributed by atoms with Gasteiger partial charge in [0, 0.05) is 15.8 Å². The number of halogens is 3. The molecule has 0 aliphatic rings. The van der Waals surface area contributed by atoms with Crippen molar-refractivity contribution in [2.75, 3.05) is 0 Å². The van der Waals surface area contributed by atoms with Gasteiger partial charge in [-0.1, -0.05) is 23.2 Å². The molecule has 0 unspecified atom stereocenters. The highest BCUT2D eigenvalue weighted by atomic mass is 35.5. The van der Waals surface area contributed by atoms with Crippen LogP contribution < -0.4 is 0 Å². The highest BCUT2D eigenvalue weighted by molar-refractivity contribution is 7.18. The molecule has 0 amide bonds. The van der Waals surface area contributed by atoms with Crippen LogP contribution in [-0.2, 0) is 0 Å². The molecule has 96 valence electrons. The van der Waals surface area contributed by atoms with E-state index in [1.165, 1.54) is 23.5 Å². The molecule has 2 heterocycles. The quantitative estimate of drug-likeness (QED) is 0.583. The van der Waals surface area contributed by atoms with E-state index in [0.717, 1.165) is 15.1 Å². The number of aryl methyl sites for hydroxylation is 1. The van der Waals surface area contributed by atoms with Gasteiger partial charge < -0.3 is 0 Å². The molecule has 0 saturated heterocycles. The number of thiophene rings is 1. The fourth-order valence-corrected chi connectivity index (χ4v) is 3.21. The summed E-state index contributed by atoms with van der Waals surface area (Å²) >= 11 is 13.7. The largest absolute Gasteiger partial charge is 0.217 e. The van der Waals surface area contributed by atoms with E-state index in [4.69, 9.17) is 23.2 Å². The molecule has 0 bridgehead atoms. The fraction of sp³-hybridized carbons (Fsp3) is 0.0769. The second-order valence-corrected chi connectivity index (χ2v) is 6.04. The van der Waals surface area contributed by atoms with Crippen LogP contribution in [0.25, 0.3) is 21.6 Å². The molecule has 3 aromatic rings. The lowest BCUT2D eigenvalue weighted by Crippen LogP contribution is -1.91. The van der Waals surface area contributed by atoms with Crippen molar-refractivity contribution < 1.29 is 4.39 Å². The van der Waals surface area contributed by atoms with Crippen LogP contribution in [0.4, 0.5) is 4.39 Å². The summed E-state index contributed by atoms with van der Waals surface area (Å²) in [6, 6.07) is 6.05. The van der Waals surface area contributed by atoms with Gasteiger partial charge in [0.05, 0.1) is 5.02 Å². The summed E-state index contributed by atoms with van der Waals surface area (Å²) in [5, 5.41) is 1.47. The molecule has 0 radical (unpaired) electrons. The minimum absolute atomic E-state index is 0.267. The number of hydrogen-bond acceptors (Lipinski definition) is 3. The van der Waals surface area contributed by atoms with Gasteiger partial charge >= 0.3 is 0 Å². The lowest BCUT2D eigenvalue weighted by Gasteiger charge is -2.04. The Morgan fingerprint density at radius 1 is 1.16 bits per heavy atom. The van der Waals surface area contributed by atoms with Crippen molar-refractivity contribution in [1.82, 2.24) is 9.97 Å². The van der Waals surface area contributed by atoms with Gasteiger partial charge in [-0.3, -0.25) is 0 Å². The molecule has 0 aliphatic heterocycles. The van der Waals surface area contributed by atoms with Crippen LogP contribution in [0.5, 0.6) is 0 Å². The first-order chi connectivity index (χ1) is 9.04. The Hall–Kier alpha value is -1.23. The van der Waals surface area contributed by atoms with Crippen molar-refractivity contribution >= 4 is 44.8 Å². The van der Waals surface area contributed by atoms with Crippen LogP contribution >= 0.6 is 34.5 Å². The lowest BCUT2D eigenvalue weighted by atomic mass is 10.2. The smallest absolute Gasteiger partial charge is 0.163 e. The summed E-state index contributed by atoms with van der Waals surface area (Å²) < 4.78 is 13.0. The van der Waals surface area contributed by atoms with E-state index in [1.54, 1.807) is 6.07 Å². The molecule has 3 rings (SSSR count). The summed E-state index contributed by atoms with van der Waals surface area (Å²) in [6.45, 7) is 1.98. The van der Waals surface area contributed by atoms with E-state index in [2.05, 4.69) is 9.97 Å². The average molecular weight is 313 g/mol. The van der Waals surface area contributed by atoms with E-state index in [-0.39, 0.29) is 5.02 Å². The molecule has 0 N–H and O–H groups in total. The standard InChI is InChI=1S/C13H7Cl2FN2S/c1-6-4-9-11(15)17-12(18-13(9)19-6)8-3-2-7(16)5-10(8)14/h2-5H,1H3. The molecule has 6 heteroatoms. The SMILES string of the molecule is Cc1cc2c(Cl)nc(-c3ccc(F)cc3Cl)nc2s1. The Morgan fingerprint density at radius 3 is 2.68 bits per heavy atom. The predicted octanol–water partition coefficient (Wildman–Crippen LogP) is 5.11. The number of aromatic nitrogens is 2. The molecular weight excluding hydrogens is 306 g/mol. The summed E-state index contributed by atoms with van der Waals surface area (Å²) in [4.78, 5) is 10.6. The van der Waals surface area contributed by atoms with Crippen LogP contribution in [0.15, 0.2) is 24.3 Å². The third-order valence-corrected chi connectivity index (χ3v) is 4.19. The molecule has 0 aliphatic carbocycles. The Morgan fingerprint density at radius 2 is 1.95 bits per heavy atom. The first-order valence-corrected chi connectivity index (χ1v) is 7.01. The maximum atomic E-state index is 13.0. The van der Waals surface area contributed by atoms with Crippen molar-refractivity contribution in [3.05, 3.63) is 45.1 Å². The molecule has 0 saturated carbocycles. The van der Waals surface area contributed by atoms with Crippen LogP contribution in [0.1, 0.15) is 4.88 Å². The van der Waals surface area contributed by atoms with Gasteiger partial charge in [-0.05, 0) is 31.2 Å². The second-order valence-electron chi connectivity index (χ2n) is 4.04. The zero-order valence-corrected chi connectivity index (χ0v) is 12.1. The normalized spacial score (nSPS) is 11.2. The highest BCUT2D eigenvalue weighted by Crippen LogP contribution is 2.33. The van der Waals surface area contributed by atoms with Crippen molar-refractivity contribution in [3.8, 4) is 11.4 Å². The van der Waals surface area contributed by atoms with Crippen LogP contribution in [0.3, 0.4) is 0 Å². The van der Waals surface area contributed by atoms with Crippen molar-refractivity contribution in [2.45, 2.75) is 6.92 Å². The molecule has 1 aromatic carbocycles. The zero-order valence-electron chi connectivity index (χ0n) is 9.75. The molecule has 0 atom stereocenters. The number of nitrogens with zero attached hydrogens (tertiary/aromatic N) is 2. The van der Waals surface area contributed by atoms with Crippen molar-refractivity contribution in [2.24, 2.45) is 0 Å². The molecule has 2 aromatic heterocycles. The molecule has 19 heavy (non-hydrogen) atoms. The van der Waals surface area contributed by atoms with Gasteiger partial charge in [0.1, 0.15) is 15.8 Å². The van der Waals surface area contributed by atoms with Gasteiger partial charge in [0.2, 0.25) is 0 Å². The van der Waals surface area contributed by atoms with Crippen LogP contribution in [0.2, 0.25) is 10.2 Å². The minimum atomic E-state index is -0.395. The van der Waals surface area contributed by atoms with E-state index < -0.39 is 5.82 Å². The molecule has 2 nitrogen and oxygen atoms in total. The van der Waals surface area contributed by atoms with Crippen LogP contribution in [0, 0.1) is 12.7 Å². The Kier molecular flexibility index (Phi) is 3.17. The number of hydrogen-bond donors (Lipinski definition) is 0. The van der Waals surface area contributed by atoms with E-state index in [0.29, 0.717) is 16.5 Å². The summed E-state index contributed by atoms with van der Waals surface area (Å²) in [5.41, 5.74) is 0.568. The minimum Gasteiger partial charge on any atom is -0.217 e. The maximum absolute atomic E-state index is 13.0. The summed E-state index contributed by atoms with van der Waals surface area (Å²) in [6.07, 6.45) is 0. The Labute approximate surface area is 122 Å². The topological polar surface area (TPSA) is 25.8 Å². The third-order valence-electron chi connectivity index (χ3n) is 2.64. The van der Waals surface area contributed by atoms with Gasteiger partial charge in [-0.2, -0.15) is 0 Å². The molecule has 0 spiro atoms. The highest BCUT2D eigenvalue weighted by Gasteiger charge is 2.13. The van der Waals surface area contributed by atoms with Crippen molar-refractivity contribution in [3.63, 3.8) is 0 Å². The van der Waals surface area contributed by atoms with Crippen molar-refractivity contribution in [1.29, 1.82) is 0 Å². The first kappa shape index (κ1) is 12.8. The predicted molar refractivity (Wildman–Crippen MR) is 77.6 cm³/mol. The second kappa shape index (κ2) is 4.71. The summed E-state index contributed by atoms with van der Waals surface area (Å²) in [7, 11) is 0. The van der Waals surface area contributed by atoms with E-state index in [9.17, 15) is 4.39 Å². The average Bonchev–Trinajstić information content (AvgIpc) is 2.70.